The minimum Gasteiger partial charge on any atom is -0.481 e. The molecule has 1 aliphatic rings. The number of rotatable bonds is 3. The molecule has 1 aromatic heterocycles. The van der Waals surface area contributed by atoms with E-state index in [-0.39, 0.29) is 23.4 Å². The van der Waals surface area contributed by atoms with Gasteiger partial charge < -0.3 is 15.0 Å². The maximum absolute atomic E-state index is 12.1. The van der Waals surface area contributed by atoms with Crippen molar-refractivity contribution in [1.29, 1.82) is 0 Å². The lowest BCUT2D eigenvalue weighted by Gasteiger charge is -2.14. The lowest BCUT2D eigenvalue weighted by molar-refractivity contribution is -0.138. The van der Waals surface area contributed by atoms with E-state index in [2.05, 4.69) is 4.98 Å². The van der Waals surface area contributed by atoms with E-state index in [0.29, 0.717) is 30.2 Å². The van der Waals surface area contributed by atoms with Gasteiger partial charge in [0.25, 0.3) is 5.91 Å². The van der Waals surface area contributed by atoms with E-state index in [4.69, 9.17) is 28.3 Å². The number of carboxylic acid groups (broad SMARTS) is 1. The molecule has 0 aromatic carbocycles. The molecule has 1 aliphatic heterocycles. The maximum Gasteiger partial charge on any atom is 0.303 e. The normalized spacial score (nSPS) is 19.2. The minimum atomic E-state index is -0.833. The first-order chi connectivity index (χ1) is 8.47. The maximum atomic E-state index is 12.1. The van der Waals surface area contributed by atoms with Crippen LogP contribution in [-0.2, 0) is 4.79 Å². The van der Waals surface area contributed by atoms with Gasteiger partial charge >= 0.3 is 5.97 Å². The molecule has 1 unspecified atom stereocenters. The van der Waals surface area contributed by atoms with Crippen LogP contribution in [0, 0.1) is 5.92 Å². The molecule has 0 bridgehead atoms. The topological polar surface area (TPSA) is 73.4 Å². The van der Waals surface area contributed by atoms with Gasteiger partial charge in [-0.25, -0.2) is 0 Å². The second-order valence-electron chi connectivity index (χ2n) is 4.35. The molecule has 1 amide bonds. The van der Waals surface area contributed by atoms with Crippen LogP contribution < -0.4 is 0 Å². The molecule has 0 aliphatic carbocycles. The molecular formula is C11H12Cl2N2O3. The summed E-state index contributed by atoms with van der Waals surface area (Å²) in [5.41, 5.74) is 0.334. The Morgan fingerprint density at radius 3 is 2.78 bits per heavy atom. The lowest BCUT2D eigenvalue weighted by Crippen LogP contribution is -2.29. The number of aromatic nitrogens is 1. The highest BCUT2D eigenvalue weighted by molar-refractivity contribution is 6.41. The number of halogens is 2. The van der Waals surface area contributed by atoms with Gasteiger partial charge in [-0.2, -0.15) is 0 Å². The minimum absolute atomic E-state index is 0.0207. The van der Waals surface area contributed by atoms with E-state index >= 15 is 0 Å². The van der Waals surface area contributed by atoms with Crippen molar-refractivity contribution in [2.75, 3.05) is 13.1 Å². The van der Waals surface area contributed by atoms with E-state index in [1.54, 1.807) is 4.90 Å². The van der Waals surface area contributed by atoms with Crippen molar-refractivity contribution in [3.8, 4) is 0 Å². The Kier molecular flexibility index (Phi) is 3.82. The average Bonchev–Trinajstić information content (AvgIpc) is 2.85. The second-order valence-corrected chi connectivity index (χ2v) is 5.13. The fourth-order valence-electron chi connectivity index (χ4n) is 2.12. The van der Waals surface area contributed by atoms with Crippen molar-refractivity contribution in [3.05, 3.63) is 21.9 Å². The molecule has 1 atom stereocenters. The van der Waals surface area contributed by atoms with Gasteiger partial charge in [0.15, 0.2) is 0 Å². The van der Waals surface area contributed by atoms with Gasteiger partial charge in [0.1, 0.15) is 10.8 Å². The molecule has 2 rings (SSSR count). The number of hydrogen-bond donors (Lipinski definition) is 2. The molecule has 1 fully saturated rings. The number of amides is 1. The zero-order valence-electron chi connectivity index (χ0n) is 9.45. The first-order valence-electron chi connectivity index (χ1n) is 5.52. The molecular weight excluding hydrogens is 279 g/mol. The third-order valence-electron chi connectivity index (χ3n) is 2.99. The molecule has 7 heteroatoms. The Balaban J connectivity index is 2.01. The van der Waals surface area contributed by atoms with Crippen molar-refractivity contribution in [2.45, 2.75) is 12.8 Å². The van der Waals surface area contributed by atoms with Crippen molar-refractivity contribution in [1.82, 2.24) is 9.88 Å². The SMILES string of the molecule is O=C(O)CC1CCN(C(=O)c2cc(Cl)c(Cl)[nH]2)C1. The first-order valence-corrected chi connectivity index (χ1v) is 6.28. The van der Waals surface area contributed by atoms with E-state index in [1.807, 2.05) is 0 Å². The summed E-state index contributed by atoms with van der Waals surface area (Å²) in [6.07, 6.45) is 0.802. The molecule has 0 spiro atoms. The number of nitrogens with one attached hydrogen (secondary N) is 1. The molecule has 1 aromatic rings. The zero-order chi connectivity index (χ0) is 13.3. The molecule has 98 valence electrons. The molecule has 5 nitrogen and oxygen atoms in total. The van der Waals surface area contributed by atoms with Crippen molar-refractivity contribution < 1.29 is 14.7 Å². The first kappa shape index (κ1) is 13.2. The molecule has 0 saturated carbocycles. The highest BCUT2D eigenvalue weighted by Gasteiger charge is 2.29. The van der Waals surface area contributed by atoms with Gasteiger partial charge in [0, 0.05) is 19.5 Å². The Bertz CT molecular complexity index is 467. The number of aliphatic carboxylic acids is 1. The second kappa shape index (κ2) is 5.20. The van der Waals surface area contributed by atoms with Gasteiger partial charge in [-0.3, -0.25) is 9.59 Å². The molecule has 18 heavy (non-hydrogen) atoms. The number of hydrogen-bond acceptors (Lipinski definition) is 2. The predicted molar refractivity (Wildman–Crippen MR) is 67.1 cm³/mol. The summed E-state index contributed by atoms with van der Waals surface area (Å²) in [7, 11) is 0. The van der Waals surface area contributed by atoms with Crippen molar-refractivity contribution in [3.63, 3.8) is 0 Å². The number of H-pyrrole nitrogens is 1. The third-order valence-corrected chi connectivity index (χ3v) is 3.68. The van der Waals surface area contributed by atoms with Crippen LogP contribution in [0.3, 0.4) is 0 Å². The van der Waals surface area contributed by atoms with Crippen LogP contribution in [0.5, 0.6) is 0 Å². The third kappa shape index (κ3) is 2.79. The summed E-state index contributed by atoms with van der Waals surface area (Å²) in [4.78, 5) is 27.0. The molecule has 0 radical (unpaired) electrons. The lowest BCUT2D eigenvalue weighted by atomic mass is 10.1. The Morgan fingerprint density at radius 2 is 2.22 bits per heavy atom. The Hall–Kier alpha value is -1.20. The fourth-order valence-corrected chi connectivity index (χ4v) is 2.43. The average molecular weight is 291 g/mol. The van der Waals surface area contributed by atoms with Gasteiger partial charge in [-0.05, 0) is 18.4 Å². The number of carboxylic acids is 1. The largest absolute Gasteiger partial charge is 0.481 e. The van der Waals surface area contributed by atoms with Crippen LogP contribution in [0.2, 0.25) is 10.2 Å². The van der Waals surface area contributed by atoms with Crippen LogP contribution >= 0.6 is 23.2 Å². The predicted octanol–water partition coefficient (Wildman–Crippen LogP) is 2.26. The Labute approximate surface area is 114 Å². The number of carbonyl (C=O) groups excluding carboxylic acids is 1. The van der Waals surface area contributed by atoms with Crippen LogP contribution in [0.4, 0.5) is 0 Å². The van der Waals surface area contributed by atoms with E-state index < -0.39 is 5.97 Å². The van der Waals surface area contributed by atoms with Crippen LogP contribution in [0.1, 0.15) is 23.3 Å². The van der Waals surface area contributed by atoms with Gasteiger partial charge in [-0.15, -0.1) is 0 Å². The summed E-state index contributed by atoms with van der Waals surface area (Å²) in [6, 6.07) is 1.48. The number of carbonyl (C=O) groups is 2. The van der Waals surface area contributed by atoms with Crippen LogP contribution in [-0.4, -0.2) is 40.0 Å². The van der Waals surface area contributed by atoms with Gasteiger partial charge in [0.2, 0.25) is 0 Å². The molecule has 2 N–H and O–H groups in total. The van der Waals surface area contributed by atoms with Gasteiger partial charge in [0.05, 0.1) is 5.02 Å². The van der Waals surface area contributed by atoms with Gasteiger partial charge in [-0.1, -0.05) is 23.2 Å². The van der Waals surface area contributed by atoms with E-state index in [9.17, 15) is 9.59 Å². The summed E-state index contributed by atoms with van der Waals surface area (Å²) in [5.74, 6) is -1.01. The zero-order valence-corrected chi connectivity index (χ0v) is 11.0. The number of aromatic amines is 1. The molecule has 1 saturated heterocycles. The highest BCUT2D eigenvalue weighted by Crippen LogP contribution is 2.25. The van der Waals surface area contributed by atoms with E-state index in [0.717, 1.165) is 0 Å². The number of likely N-dealkylation sites (tertiary alicyclic amines) is 1. The van der Waals surface area contributed by atoms with Crippen LogP contribution in [0.15, 0.2) is 6.07 Å². The molecule has 2 heterocycles. The summed E-state index contributed by atoms with van der Waals surface area (Å²) in [6.45, 7) is 1.02. The highest BCUT2D eigenvalue weighted by atomic mass is 35.5. The summed E-state index contributed by atoms with van der Waals surface area (Å²) < 4.78 is 0. The monoisotopic (exact) mass is 290 g/mol. The Morgan fingerprint density at radius 1 is 1.50 bits per heavy atom. The smallest absolute Gasteiger partial charge is 0.303 e. The number of nitrogens with zero attached hydrogens (tertiary/aromatic N) is 1. The summed E-state index contributed by atoms with van der Waals surface area (Å²) in [5, 5.41) is 9.26. The summed E-state index contributed by atoms with van der Waals surface area (Å²) >= 11 is 11.5. The van der Waals surface area contributed by atoms with Crippen LogP contribution in [0.25, 0.3) is 0 Å². The van der Waals surface area contributed by atoms with Crippen molar-refractivity contribution >= 4 is 35.1 Å². The fraction of sp³-hybridized carbons (Fsp3) is 0.455. The van der Waals surface area contributed by atoms with E-state index in [1.165, 1.54) is 6.07 Å². The van der Waals surface area contributed by atoms with Crippen molar-refractivity contribution in [2.24, 2.45) is 5.92 Å². The quantitative estimate of drug-likeness (QED) is 0.897. The standard InChI is InChI=1S/C11H12Cl2N2O3/c12-7-4-8(14-10(7)13)11(18)15-2-1-6(5-15)3-9(16)17/h4,6,14H,1-3,5H2,(H,16,17).